The van der Waals surface area contributed by atoms with Gasteiger partial charge in [0.15, 0.2) is 0 Å². The summed E-state index contributed by atoms with van der Waals surface area (Å²) in [6.07, 6.45) is 6.65. The molecule has 0 unspecified atom stereocenters. The van der Waals surface area contributed by atoms with Gasteiger partial charge in [-0.3, -0.25) is 0 Å². The largest absolute Gasteiger partial charge is 0.464 e. The highest BCUT2D eigenvalue weighted by Gasteiger charge is 2.20. The van der Waals surface area contributed by atoms with Crippen LogP contribution in [0.4, 0.5) is 17.1 Å². The van der Waals surface area contributed by atoms with Gasteiger partial charge in [0.1, 0.15) is 5.58 Å². The third-order valence-corrected chi connectivity index (χ3v) is 8.42. The van der Waals surface area contributed by atoms with Crippen molar-refractivity contribution in [1.29, 1.82) is 5.41 Å². The van der Waals surface area contributed by atoms with Crippen molar-refractivity contribution in [3.05, 3.63) is 157 Å². The standard InChI is InChI=1S/C41H28N2O/c42-24-8-13-32-27-44-40-26-34(21-23-35(32)40)43(33-19-16-29(17-20-33)28-9-2-1-3-10-28)39-25-31-12-5-7-15-37(31)41-36-14-6-4-11-30(36)18-22-38(39)41/h1-27,42H/b13-8-,42-24?. The average molecular weight is 565 g/mol. The summed E-state index contributed by atoms with van der Waals surface area (Å²) in [7, 11) is 0. The third-order valence-electron chi connectivity index (χ3n) is 8.42. The number of fused-ring (bicyclic) bond motifs is 6. The summed E-state index contributed by atoms with van der Waals surface area (Å²) in [4.78, 5) is 2.34. The maximum atomic E-state index is 7.39. The minimum absolute atomic E-state index is 0.800. The first-order chi connectivity index (χ1) is 21.8. The molecule has 0 fully saturated rings. The summed E-state index contributed by atoms with van der Waals surface area (Å²) in [5, 5.41) is 15.7. The van der Waals surface area contributed by atoms with Crippen LogP contribution in [0.25, 0.3) is 60.5 Å². The highest BCUT2D eigenvalue weighted by Crippen LogP contribution is 2.45. The summed E-state index contributed by atoms with van der Waals surface area (Å²) in [6.45, 7) is 0. The van der Waals surface area contributed by atoms with Crippen LogP contribution in [-0.4, -0.2) is 6.21 Å². The molecule has 0 bridgehead atoms. The van der Waals surface area contributed by atoms with E-state index in [0.29, 0.717) is 0 Å². The SMILES string of the molecule is N=C/C=C\c1coc2cc(N(c3ccc(-c4ccccc4)cc3)c3cc4ccccc4c4c3ccc3ccccc34)ccc12. The molecule has 0 spiro atoms. The summed E-state index contributed by atoms with van der Waals surface area (Å²) in [5.41, 5.74) is 7.29. The van der Waals surface area contributed by atoms with Crippen LogP contribution in [0.3, 0.4) is 0 Å². The Bertz CT molecular complexity index is 2330. The summed E-state index contributed by atoms with van der Waals surface area (Å²) >= 11 is 0. The Hall–Kier alpha value is -5.93. The van der Waals surface area contributed by atoms with Crippen LogP contribution in [0.15, 0.2) is 156 Å². The minimum atomic E-state index is 0.800. The topological polar surface area (TPSA) is 40.2 Å². The molecule has 0 aliphatic carbocycles. The normalized spacial score (nSPS) is 11.6. The lowest BCUT2D eigenvalue weighted by atomic mass is 9.94. The van der Waals surface area contributed by atoms with Gasteiger partial charge in [-0.15, -0.1) is 0 Å². The van der Waals surface area contributed by atoms with Gasteiger partial charge in [0.2, 0.25) is 0 Å². The summed E-state index contributed by atoms with van der Waals surface area (Å²) < 4.78 is 6.05. The van der Waals surface area contributed by atoms with Gasteiger partial charge >= 0.3 is 0 Å². The van der Waals surface area contributed by atoms with Gasteiger partial charge in [0.05, 0.1) is 12.0 Å². The maximum Gasteiger partial charge on any atom is 0.136 e. The molecule has 0 amide bonds. The predicted octanol–water partition coefficient (Wildman–Crippen LogP) is 11.7. The number of nitrogens with one attached hydrogen (secondary N) is 1. The number of hydrogen-bond acceptors (Lipinski definition) is 3. The maximum absolute atomic E-state index is 7.39. The molecule has 8 aromatic rings. The van der Waals surface area contributed by atoms with E-state index < -0.39 is 0 Å². The summed E-state index contributed by atoms with van der Waals surface area (Å²) in [5.74, 6) is 0. The molecule has 0 saturated heterocycles. The first-order valence-corrected chi connectivity index (χ1v) is 14.8. The molecular weight excluding hydrogens is 536 g/mol. The van der Waals surface area contributed by atoms with Crippen LogP contribution in [0, 0.1) is 5.41 Å². The first-order valence-electron chi connectivity index (χ1n) is 14.8. The van der Waals surface area contributed by atoms with Crippen LogP contribution in [0.1, 0.15) is 5.56 Å². The monoisotopic (exact) mass is 564 g/mol. The van der Waals surface area contributed by atoms with Crippen molar-refractivity contribution in [2.45, 2.75) is 0 Å². The molecule has 208 valence electrons. The number of rotatable bonds is 6. The molecule has 0 aliphatic rings. The molecule has 1 heterocycles. The van der Waals surface area contributed by atoms with Crippen molar-refractivity contribution < 1.29 is 4.42 Å². The molecule has 1 N–H and O–H groups in total. The molecule has 0 aliphatic heterocycles. The van der Waals surface area contributed by atoms with E-state index in [0.717, 1.165) is 33.6 Å². The molecule has 8 rings (SSSR count). The zero-order valence-electron chi connectivity index (χ0n) is 23.9. The molecule has 3 heteroatoms. The second-order valence-corrected chi connectivity index (χ2v) is 11.0. The van der Waals surface area contributed by atoms with E-state index in [4.69, 9.17) is 9.83 Å². The molecule has 7 aromatic carbocycles. The van der Waals surface area contributed by atoms with Crippen molar-refractivity contribution in [1.82, 2.24) is 0 Å². The highest BCUT2D eigenvalue weighted by molar-refractivity contribution is 6.24. The second kappa shape index (κ2) is 10.7. The minimum Gasteiger partial charge on any atom is -0.464 e. The number of benzene rings is 7. The van der Waals surface area contributed by atoms with Crippen LogP contribution < -0.4 is 4.90 Å². The number of nitrogens with zero attached hydrogens (tertiary/aromatic N) is 1. The molecule has 3 nitrogen and oxygen atoms in total. The van der Waals surface area contributed by atoms with Crippen LogP contribution in [0.2, 0.25) is 0 Å². The van der Waals surface area contributed by atoms with E-state index in [-0.39, 0.29) is 0 Å². The van der Waals surface area contributed by atoms with E-state index >= 15 is 0 Å². The lowest BCUT2D eigenvalue weighted by Crippen LogP contribution is -2.10. The fourth-order valence-corrected chi connectivity index (χ4v) is 6.35. The van der Waals surface area contributed by atoms with Crippen molar-refractivity contribution in [2.75, 3.05) is 4.90 Å². The van der Waals surface area contributed by atoms with E-state index in [9.17, 15) is 0 Å². The van der Waals surface area contributed by atoms with Crippen LogP contribution in [0.5, 0.6) is 0 Å². The Balaban J connectivity index is 1.40. The van der Waals surface area contributed by atoms with E-state index in [1.165, 1.54) is 49.7 Å². The Morgan fingerprint density at radius 2 is 1.20 bits per heavy atom. The zero-order valence-corrected chi connectivity index (χ0v) is 23.9. The lowest BCUT2D eigenvalue weighted by Gasteiger charge is -2.28. The predicted molar refractivity (Wildman–Crippen MR) is 187 cm³/mol. The van der Waals surface area contributed by atoms with E-state index in [1.54, 1.807) is 12.3 Å². The van der Waals surface area contributed by atoms with Crippen molar-refractivity contribution in [3.63, 3.8) is 0 Å². The fraction of sp³-hybridized carbons (Fsp3) is 0. The molecule has 0 radical (unpaired) electrons. The van der Waals surface area contributed by atoms with Gasteiger partial charge < -0.3 is 14.7 Å². The Kier molecular flexibility index (Phi) is 6.28. The van der Waals surface area contributed by atoms with Crippen LogP contribution in [-0.2, 0) is 0 Å². The number of furan rings is 1. The van der Waals surface area contributed by atoms with Gasteiger partial charge in [-0.25, -0.2) is 0 Å². The van der Waals surface area contributed by atoms with Crippen molar-refractivity contribution in [2.24, 2.45) is 0 Å². The van der Waals surface area contributed by atoms with Crippen molar-refractivity contribution >= 4 is 72.6 Å². The quantitative estimate of drug-likeness (QED) is 0.161. The number of hydrogen-bond donors (Lipinski definition) is 1. The fourth-order valence-electron chi connectivity index (χ4n) is 6.35. The first kappa shape index (κ1) is 25.8. The molecule has 44 heavy (non-hydrogen) atoms. The molecule has 1 aromatic heterocycles. The number of anilines is 3. The highest BCUT2D eigenvalue weighted by atomic mass is 16.3. The average Bonchev–Trinajstić information content (AvgIpc) is 3.50. The third kappa shape index (κ3) is 4.34. The molecule has 0 atom stereocenters. The van der Waals surface area contributed by atoms with E-state index in [1.807, 2.05) is 12.1 Å². The molecular formula is C41H28N2O. The lowest BCUT2D eigenvalue weighted by molar-refractivity contribution is 0.615. The van der Waals surface area contributed by atoms with Gasteiger partial charge in [0.25, 0.3) is 0 Å². The van der Waals surface area contributed by atoms with E-state index in [2.05, 4.69) is 138 Å². The van der Waals surface area contributed by atoms with Crippen molar-refractivity contribution in [3.8, 4) is 11.1 Å². The Morgan fingerprint density at radius 1 is 0.545 bits per heavy atom. The van der Waals surface area contributed by atoms with Crippen LogP contribution >= 0.6 is 0 Å². The van der Waals surface area contributed by atoms with Gasteiger partial charge in [-0.2, -0.15) is 0 Å². The Labute approximate surface area is 255 Å². The van der Waals surface area contributed by atoms with Gasteiger partial charge in [0, 0.05) is 40.0 Å². The Morgan fingerprint density at radius 3 is 2.00 bits per heavy atom. The van der Waals surface area contributed by atoms with Gasteiger partial charge in [-0.05, 0) is 80.5 Å². The summed E-state index contributed by atoms with van der Waals surface area (Å²) in [6, 6.07) is 49.8. The number of allylic oxidation sites excluding steroid dienone is 1. The van der Waals surface area contributed by atoms with Gasteiger partial charge in [-0.1, -0.05) is 103 Å². The smallest absolute Gasteiger partial charge is 0.136 e. The molecule has 0 saturated carbocycles. The zero-order chi connectivity index (χ0) is 29.5. The second-order valence-electron chi connectivity index (χ2n) is 11.0.